The van der Waals surface area contributed by atoms with Gasteiger partial charge < -0.3 is 5.32 Å². The van der Waals surface area contributed by atoms with E-state index in [0.717, 1.165) is 28.7 Å². The Morgan fingerprint density at radius 3 is 2.73 bits per heavy atom. The Labute approximate surface area is 199 Å². The summed E-state index contributed by atoms with van der Waals surface area (Å²) in [6.45, 7) is 6.20. The summed E-state index contributed by atoms with van der Waals surface area (Å²) < 4.78 is 1.67. The number of carbonyl (C=O) groups is 1. The summed E-state index contributed by atoms with van der Waals surface area (Å²) in [6, 6.07) is 13.5. The fourth-order valence-electron chi connectivity index (χ4n) is 5.84. The molecule has 1 aromatic heterocycles. The summed E-state index contributed by atoms with van der Waals surface area (Å²) in [7, 11) is 0. The Morgan fingerprint density at radius 2 is 1.97 bits per heavy atom. The zero-order valence-electron chi connectivity index (χ0n) is 19.5. The standard InChI is InChI=1S/C27H31N3O2S/c1-16-7-6-10-24(17(16)2)30-26(32)21-8-4-5-9-23(21)29-27(30)33-15-25(31)28-18(3)22-14-19-11-12-20(22)13-19/h4-10,18-20,22H,11-15H2,1-3H3,(H,28,31). The van der Waals surface area contributed by atoms with Crippen LogP contribution in [0, 0.1) is 31.6 Å². The van der Waals surface area contributed by atoms with E-state index in [9.17, 15) is 9.59 Å². The fraction of sp³-hybridized carbons (Fsp3) is 0.444. The number of amides is 1. The van der Waals surface area contributed by atoms with Crippen LogP contribution in [0.15, 0.2) is 52.4 Å². The highest BCUT2D eigenvalue weighted by atomic mass is 32.2. The van der Waals surface area contributed by atoms with E-state index in [2.05, 4.69) is 12.2 Å². The highest BCUT2D eigenvalue weighted by molar-refractivity contribution is 7.99. The lowest BCUT2D eigenvalue weighted by molar-refractivity contribution is -0.119. The number of hydrogen-bond donors (Lipinski definition) is 1. The second-order valence-electron chi connectivity index (χ2n) is 9.75. The first-order valence-corrected chi connectivity index (χ1v) is 12.9. The monoisotopic (exact) mass is 461 g/mol. The Hall–Kier alpha value is -2.60. The number of para-hydroxylation sites is 1. The predicted molar refractivity (Wildman–Crippen MR) is 134 cm³/mol. The van der Waals surface area contributed by atoms with E-state index < -0.39 is 0 Å². The van der Waals surface area contributed by atoms with Crippen LogP contribution in [0.1, 0.15) is 43.7 Å². The lowest BCUT2D eigenvalue weighted by Crippen LogP contribution is -2.41. The van der Waals surface area contributed by atoms with Crippen LogP contribution in [0.5, 0.6) is 0 Å². The van der Waals surface area contributed by atoms with Crippen molar-refractivity contribution in [2.45, 2.75) is 57.7 Å². The molecule has 0 radical (unpaired) electrons. The van der Waals surface area contributed by atoms with E-state index >= 15 is 0 Å². The van der Waals surface area contributed by atoms with Crippen molar-refractivity contribution in [3.05, 3.63) is 63.9 Å². The molecule has 6 heteroatoms. The van der Waals surface area contributed by atoms with Gasteiger partial charge >= 0.3 is 0 Å². The van der Waals surface area contributed by atoms with Gasteiger partial charge in [0.25, 0.3) is 5.56 Å². The molecular formula is C27H31N3O2S. The third kappa shape index (κ3) is 4.21. The normalized spacial score (nSPS) is 22.6. The minimum absolute atomic E-state index is 0.00481. The van der Waals surface area contributed by atoms with Gasteiger partial charge in [-0.1, -0.05) is 42.4 Å². The van der Waals surface area contributed by atoms with E-state index in [1.807, 2.05) is 56.3 Å². The number of benzene rings is 2. The lowest BCUT2D eigenvalue weighted by atomic mass is 9.84. The number of nitrogens with zero attached hydrogens (tertiary/aromatic N) is 2. The van der Waals surface area contributed by atoms with Crippen molar-refractivity contribution >= 4 is 28.6 Å². The molecule has 1 amide bonds. The zero-order valence-corrected chi connectivity index (χ0v) is 20.3. The first-order valence-electron chi connectivity index (χ1n) is 11.9. The van der Waals surface area contributed by atoms with E-state index in [-0.39, 0.29) is 23.3 Å². The summed E-state index contributed by atoms with van der Waals surface area (Å²) >= 11 is 1.33. The van der Waals surface area contributed by atoms with Gasteiger partial charge in [-0.25, -0.2) is 4.98 Å². The molecule has 33 heavy (non-hydrogen) atoms. The minimum atomic E-state index is -0.104. The molecule has 1 heterocycles. The van der Waals surface area contributed by atoms with E-state index in [1.165, 1.54) is 37.4 Å². The number of aromatic nitrogens is 2. The van der Waals surface area contributed by atoms with Crippen molar-refractivity contribution in [3.63, 3.8) is 0 Å². The molecule has 5 nitrogen and oxygen atoms in total. The van der Waals surface area contributed by atoms with Crippen molar-refractivity contribution < 1.29 is 4.79 Å². The van der Waals surface area contributed by atoms with Crippen molar-refractivity contribution in [1.82, 2.24) is 14.9 Å². The molecule has 2 aliphatic carbocycles. The third-order valence-electron chi connectivity index (χ3n) is 7.72. The summed E-state index contributed by atoms with van der Waals surface area (Å²) in [4.78, 5) is 31.1. The summed E-state index contributed by atoms with van der Waals surface area (Å²) in [5, 5.41) is 4.37. The zero-order chi connectivity index (χ0) is 23.1. The lowest BCUT2D eigenvalue weighted by Gasteiger charge is -2.28. The van der Waals surface area contributed by atoms with Crippen molar-refractivity contribution in [2.75, 3.05) is 5.75 Å². The fourth-order valence-corrected chi connectivity index (χ4v) is 6.66. The number of rotatable bonds is 6. The van der Waals surface area contributed by atoms with Crippen molar-refractivity contribution in [3.8, 4) is 5.69 Å². The Bertz CT molecular complexity index is 1270. The topological polar surface area (TPSA) is 64.0 Å². The SMILES string of the molecule is Cc1cccc(-n2c(SCC(=O)NC(C)C3CC4CCC3C4)nc3ccccc3c2=O)c1C. The second-order valence-corrected chi connectivity index (χ2v) is 10.7. The first-order chi connectivity index (χ1) is 15.9. The van der Waals surface area contributed by atoms with Gasteiger partial charge in [-0.05, 0) is 87.1 Å². The highest BCUT2D eigenvalue weighted by Gasteiger charge is 2.42. The maximum atomic E-state index is 13.5. The molecule has 0 saturated heterocycles. The number of hydrogen-bond acceptors (Lipinski definition) is 4. The third-order valence-corrected chi connectivity index (χ3v) is 8.66. The molecule has 1 N–H and O–H groups in total. The first kappa shape index (κ1) is 22.2. The van der Waals surface area contributed by atoms with Crippen LogP contribution >= 0.6 is 11.8 Å². The summed E-state index contributed by atoms with van der Waals surface area (Å²) in [5.41, 5.74) is 3.51. The minimum Gasteiger partial charge on any atom is -0.353 e. The van der Waals surface area contributed by atoms with E-state index in [1.54, 1.807) is 4.57 Å². The predicted octanol–water partition coefficient (Wildman–Crippen LogP) is 5.04. The van der Waals surface area contributed by atoms with Crippen LogP contribution < -0.4 is 10.9 Å². The molecule has 2 saturated carbocycles. The quantitative estimate of drug-likeness (QED) is 0.413. The molecule has 2 fully saturated rings. The average Bonchev–Trinajstić information content (AvgIpc) is 3.44. The van der Waals surface area contributed by atoms with Gasteiger partial charge in [0, 0.05) is 6.04 Å². The molecule has 2 bridgehead atoms. The second kappa shape index (κ2) is 8.98. The number of thioether (sulfide) groups is 1. The van der Waals surface area contributed by atoms with Gasteiger partial charge in [0.2, 0.25) is 5.91 Å². The van der Waals surface area contributed by atoms with Crippen LogP contribution in [0.2, 0.25) is 0 Å². The molecule has 2 aliphatic rings. The summed E-state index contributed by atoms with van der Waals surface area (Å²) in [6.07, 6.45) is 5.26. The van der Waals surface area contributed by atoms with Crippen LogP contribution in [0.3, 0.4) is 0 Å². The van der Waals surface area contributed by atoms with Crippen molar-refractivity contribution in [2.24, 2.45) is 17.8 Å². The molecule has 0 aliphatic heterocycles. The van der Waals surface area contributed by atoms with Crippen LogP contribution in [-0.2, 0) is 4.79 Å². The number of fused-ring (bicyclic) bond motifs is 3. The van der Waals surface area contributed by atoms with Gasteiger partial charge in [0.15, 0.2) is 5.16 Å². The van der Waals surface area contributed by atoms with Gasteiger partial charge in [-0.2, -0.15) is 0 Å². The number of carbonyl (C=O) groups excluding carboxylic acids is 1. The molecular weight excluding hydrogens is 430 g/mol. The highest BCUT2D eigenvalue weighted by Crippen LogP contribution is 2.49. The Balaban J connectivity index is 1.41. The van der Waals surface area contributed by atoms with Crippen molar-refractivity contribution in [1.29, 1.82) is 0 Å². The van der Waals surface area contributed by atoms with Crippen LogP contribution in [0.25, 0.3) is 16.6 Å². The van der Waals surface area contributed by atoms with Gasteiger partial charge in [-0.3, -0.25) is 14.2 Å². The van der Waals surface area contributed by atoms with Gasteiger partial charge in [-0.15, -0.1) is 0 Å². The van der Waals surface area contributed by atoms with Gasteiger partial charge in [0.1, 0.15) is 0 Å². The molecule has 2 aromatic carbocycles. The van der Waals surface area contributed by atoms with E-state index in [4.69, 9.17) is 4.98 Å². The molecule has 4 unspecified atom stereocenters. The van der Waals surface area contributed by atoms with Crippen LogP contribution in [0.4, 0.5) is 0 Å². The summed E-state index contributed by atoms with van der Waals surface area (Å²) in [5.74, 6) is 2.48. The molecule has 172 valence electrons. The largest absolute Gasteiger partial charge is 0.353 e. The molecule has 3 aromatic rings. The number of nitrogens with one attached hydrogen (secondary N) is 1. The number of aryl methyl sites for hydroxylation is 1. The van der Waals surface area contributed by atoms with Gasteiger partial charge in [0.05, 0.1) is 22.3 Å². The molecule has 0 spiro atoms. The Kier molecular flexibility index (Phi) is 6.04. The maximum absolute atomic E-state index is 13.5. The smallest absolute Gasteiger partial charge is 0.266 e. The molecule has 5 rings (SSSR count). The molecule has 4 atom stereocenters. The van der Waals surface area contributed by atoms with E-state index in [0.29, 0.717) is 22.0 Å². The maximum Gasteiger partial charge on any atom is 0.266 e. The average molecular weight is 462 g/mol. The van der Waals surface area contributed by atoms with Crippen LogP contribution in [-0.4, -0.2) is 27.3 Å². The Morgan fingerprint density at radius 1 is 1.15 bits per heavy atom.